The first-order valence-electron chi connectivity index (χ1n) is 6.84. The molecule has 0 saturated carbocycles. The number of nitrogens with two attached hydrogens (primary N) is 1. The van der Waals surface area contributed by atoms with Gasteiger partial charge in [0, 0.05) is 7.11 Å². The molecular weight excluding hydrogens is 268 g/mol. The van der Waals surface area contributed by atoms with Crippen molar-refractivity contribution in [2.24, 2.45) is 5.84 Å². The Morgan fingerprint density at radius 1 is 1.19 bits per heavy atom. The number of benzene rings is 1. The molecule has 1 aromatic carbocycles. The first kappa shape index (κ1) is 15.2. The number of nitrogens with zero attached hydrogens (tertiary/aromatic N) is 2. The predicted octanol–water partition coefficient (Wildman–Crippen LogP) is 2.31. The van der Waals surface area contributed by atoms with E-state index in [1.165, 1.54) is 11.9 Å². The Kier molecular flexibility index (Phi) is 5.48. The lowest BCUT2D eigenvalue weighted by Crippen LogP contribution is -2.12. The largest absolute Gasteiger partial charge is 0.439 e. The molecule has 0 bridgehead atoms. The van der Waals surface area contributed by atoms with Gasteiger partial charge >= 0.3 is 0 Å². The lowest BCUT2D eigenvalue weighted by Gasteiger charge is -2.12. The molecule has 6 heteroatoms. The molecule has 0 aliphatic rings. The summed E-state index contributed by atoms with van der Waals surface area (Å²) in [6, 6.07) is 7.87. The molecule has 0 unspecified atom stereocenters. The molecule has 2 aromatic rings. The van der Waals surface area contributed by atoms with E-state index in [0.29, 0.717) is 18.3 Å². The number of nitrogens with one attached hydrogen (secondary N) is 1. The fourth-order valence-electron chi connectivity index (χ4n) is 1.98. The Morgan fingerprint density at radius 2 is 1.95 bits per heavy atom. The van der Waals surface area contributed by atoms with Crippen molar-refractivity contribution in [3.8, 4) is 11.6 Å². The van der Waals surface area contributed by atoms with E-state index >= 15 is 0 Å². The monoisotopic (exact) mass is 288 g/mol. The highest BCUT2D eigenvalue weighted by atomic mass is 16.5. The second-order valence-electron chi connectivity index (χ2n) is 4.49. The molecule has 112 valence electrons. The van der Waals surface area contributed by atoms with E-state index in [1.54, 1.807) is 7.11 Å². The summed E-state index contributed by atoms with van der Waals surface area (Å²) in [5.41, 5.74) is 4.61. The quantitative estimate of drug-likeness (QED) is 0.601. The van der Waals surface area contributed by atoms with Crippen molar-refractivity contribution in [3.05, 3.63) is 41.7 Å². The van der Waals surface area contributed by atoms with E-state index in [4.69, 9.17) is 15.3 Å². The molecule has 0 radical (unpaired) electrons. The number of anilines is 1. The zero-order valence-electron chi connectivity index (χ0n) is 12.3. The number of rotatable bonds is 7. The molecule has 21 heavy (non-hydrogen) atoms. The van der Waals surface area contributed by atoms with Gasteiger partial charge in [-0.3, -0.25) is 0 Å². The number of hydrogen-bond donors (Lipinski definition) is 2. The fraction of sp³-hybridized carbons (Fsp3) is 0.333. The van der Waals surface area contributed by atoms with Gasteiger partial charge in [-0.2, -0.15) is 0 Å². The summed E-state index contributed by atoms with van der Waals surface area (Å²) in [7, 11) is 1.70. The molecule has 3 N–H and O–H groups in total. The van der Waals surface area contributed by atoms with Crippen molar-refractivity contribution >= 4 is 5.82 Å². The van der Waals surface area contributed by atoms with Crippen LogP contribution >= 0.6 is 0 Å². The van der Waals surface area contributed by atoms with Gasteiger partial charge in [-0.25, -0.2) is 15.8 Å². The molecular formula is C15H20N4O2. The maximum absolute atomic E-state index is 5.82. The van der Waals surface area contributed by atoms with Gasteiger partial charge in [-0.1, -0.05) is 19.1 Å². The van der Waals surface area contributed by atoms with Crippen molar-refractivity contribution in [2.75, 3.05) is 19.1 Å². The maximum atomic E-state index is 5.82. The minimum absolute atomic E-state index is 0.519. The number of hydrogen-bond acceptors (Lipinski definition) is 6. The van der Waals surface area contributed by atoms with Gasteiger partial charge < -0.3 is 14.9 Å². The third-order valence-electron chi connectivity index (χ3n) is 3.13. The minimum Gasteiger partial charge on any atom is -0.439 e. The Morgan fingerprint density at radius 3 is 2.57 bits per heavy atom. The highest BCUT2D eigenvalue weighted by Gasteiger charge is 2.11. The van der Waals surface area contributed by atoms with Crippen molar-refractivity contribution < 1.29 is 9.47 Å². The van der Waals surface area contributed by atoms with E-state index in [-0.39, 0.29) is 0 Å². The highest BCUT2D eigenvalue weighted by molar-refractivity contribution is 5.48. The summed E-state index contributed by atoms with van der Waals surface area (Å²) in [5.74, 6) is 7.28. The van der Waals surface area contributed by atoms with Crippen molar-refractivity contribution in [2.45, 2.75) is 19.8 Å². The highest BCUT2D eigenvalue weighted by Crippen LogP contribution is 2.27. The third-order valence-corrected chi connectivity index (χ3v) is 3.13. The van der Waals surface area contributed by atoms with Gasteiger partial charge in [-0.15, -0.1) is 0 Å². The van der Waals surface area contributed by atoms with Crippen molar-refractivity contribution in [1.82, 2.24) is 9.97 Å². The van der Waals surface area contributed by atoms with Crippen molar-refractivity contribution in [3.63, 3.8) is 0 Å². The number of methoxy groups -OCH3 is 1. The van der Waals surface area contributed by atoms with E-state index < -0.39 is 0 Å². The summed E-state index contributed by atoms with van der Waals surface area (Å²) < 4.78 is 10.9. The average Bonchev–Trinajstić information content (AvgIpc) is 2.54. The van der Waals surface area contributed by atoms with Crippen LogP contribution in [0.4, 0.5) is 5.82 Å². The number of ether oxygens (including phenoxy) is 2. The van der Waals surface area contributed by atoms with Crippen LogP contribution in [0.2, 0.25) is 0 Å². The van der Waals surface area contributed by atoms with Gasteiger partial charge in [0.25, 0.3) is 0 Å². The minimum atomic E-state index is 0.519. The molecule has 1 aromatic heterocycles. The molecule has 0 saturated heterocycles. The summed E-state index contributed by atoms with van der Waals surface area (Å²) in [6.45, 7) is 2.71. The zero-order valence-corrected chi connectivity index (χ0v) is 12.3. The SMILES string of the molecule is CCc1c(NN)ncnc1Oc1ccc(CCOC)cc1. The Hall–Kier alpha value is -2.18. The molecule has 0 atom stereocenters. The third kappa shape index (κ3) is 3.90. The Balaban J connectivity index is 2.14. The molecule has 2 rings (SSSR count). The fourth-order valence-corrected chi connectivity index (χ4v) is 1.98. The first-order chi connectivity index (χ1) is 10.3. The normalized spacial score (nSPS) is 10.4. The molecule has 0 amide bonds. The topological polar surface area (TPSA) is 82.3 Å². The second-order valence-corrected chi connectivity index (χ2v) is 4.49. The van der Waals surface area contributed by atoms with Crippen LogP contribution in [0.15, 0.2) is 30.6 Å². The van der Waals surface area contributed by atoms with E-state index in [9.17, 15) is 0 Å². The van der Waals surface area contributed by atoms with Crippen LogP contribution in [0.5, 0.6) is 11.6 Å². The Labute approximate surface area is 124 Å². The van der Waals surface area contributed by atoms with Crippen LogP contribution in [0.1, 0.15) is 18.1 Å². The van der Waals surface area contributed by atoms with E-state index in [0.717, 1.165) is 24.2 Å². The van der Waals surface area contributed by atoms with Gasteiger partial charge in [0.2, 0.25) is 5.88 Å². The molecule has 1 heterocycles. The first-order valence-corrected chi connectivity index (χ1v) is 6.84. The summed E-state index contributed by atoms with van der Waals surface area (Å²) in [6.07, 6.45) is 3.03. The number of aromatic nitrogens is 2. The predicted molar refractivity (Wildman–Crippen MR) is 81.3 cm³/mol. The summed E-state index contributed by atoms with van der Waals surface area (Å²) >= 11 is 0. The van der Waals surface area contributed by atoms with Crippen LogP contribution in [0, 0.1) is 0 Å². The van der Waals surface area contributed by atoms with E-state index in [1.807, 2.05) is 31.2 Å². The molecule has 0 fully saturated rings. The van der Waals surface area contributed by atoms with Gasteiger partial charge in [0.05, 0.1) is 12.2 Å². The molecule has 6 nitrogen and oxygen atoms in total. The second kappa shape index (κ2) is 7.56. The Bertz CT molecular complexity index is 572. The smallest absolute Gasteiger partial charge is 0.227 e. The van der Waals surface area contributed by atoms with Gasteiger partial charge in [0.1, 0.15) is 17.9 Å². The number of hydrazine groups is 1. The van der Waals surface area contributed by atoms with Crippen LogP contribution < -0.4 is 16.0 Å². The lowest BCUT2D eigenvalue weighted by atomic mass is 10.1. The van der Waals surface area contributed by atoms with E-state index in [2.05, 4.69) is 15.4 Å². The molecule has 0 spiro atoms. The average molecular weight is 288 g/mol. The van der Waals surface area contributed by atoms with Crippen LogP contribution in [0.25, 0.3) is 0 Å². The number of nitrogen functional groups attached to an aromatic ring is 1. The zero-order chi connectivity index (χ0) is 15.1. The summed E-state index contributed by atoms with van der Waals surface area (Å²) in [4.78, 5) is 8.25. The molecule has 0 aliphatic heterocycles. The molecule has 0 aliphatic carbocycles. The van der Waals surface area contributed by atoms with Gasteiger partial charge in [-0.05, 0) is 30.5 Å². The van der Waals surface area contributed by atoms with Crippen molar-refractivity contribution in [1.29, 1.82) is 0 Å². The summed E-state index contributed by atoms with van der Waals surface area (Å²) in [5, 5.41) is 0. The lowest BCUT2D eigenvalue weighted by molar-refractivity contribution is 0.202. The van der Waals surface area contributed by atoms with Gasteiger partial charge in [0.15, 0.2) is 0 Å². The van der Waals surface area contributed by atoms with Crippen LogP contribution in [-0.2, 0) is 17.6 Å². The van der Waals surface area contributed by atoms with Crippen LogP contribution in [0.3, 0.4) is 0 Å². The maximum Gasteiger partial charge on any atom is 0.227 e. The standard InChI is InChI=1S/C15H20N4O2/c1-3-13-14(19-16)17-10-18-15(13)21-12-6-4-11(5-7-12)8-9-20-2/h4-7,10H,3,8-9,16H2,1-2H3,(H,17,18,19). The van der Waals surface area contributed by atoms with Crippen LogP contribution in [-0.4, -0.2) is 23.7 Å².